The van der Waals surface area contributed by atoms with Crippen LogP contribution < -0.4 is 0 Å². The molecular formula is C22H34. The fraction of sp³-hybridized carbons (Fsp3) is 0.727. The second-order valence-corrected chi connectivity index (χ2v) is 8.18. The third kappa shape index (κ3) is 3.12. The third-order valence-electron chi connectivity index (χ3n) is 6.82. The number of fused-ring (bicyclic) bond motifs is 3. The van der Waals surface area contributed by atoms with Crippen molar-refractivity contribution in [3.63, 3.8) is 0 Å². The standard InChI is InChI=1S/C22H34/c1-3-5-6-12-21-13-16-22(17-14-21,18-15-21)20-10-8-19(7-4-2)9-11-20/h8-11H,3-7,12-18H2,1-2H3. The van der Waals surface area contributed by atoms with E-state index >= 15 is 0 Å². The molecule has 3 fully saturated rings. The molecule has 0 heteroatoms. The minimum atomic E-state index is 0.539. The minimum absolute atomic E-state index is 0.539. The molecule has 0 aliphatic heterocycles. The average Bonchev–Trinajstić information content (AvgIpc) is 2.58. The van der Waals surface area contributed by atoms with Crippen LogP contribution >= 0.6 is 0 Å². The van der Waals surface area contributed by atoms with Crippen LogP contribution in [0.4, 0.5) is 0 Å². The molecule has 0 atom stereocenters. The van der Waals surface area contributed by atoms with Crippen molar-refractivity contribution in [2.24, 2.45) is 5.41 Å². The van der Waals surface area contributed by atoms with E-state index in [1.807, 2.05) is 0 Å². The van der Waals surface area contributed by atoms with Gasteiger partial charge in [0.05, 0.1) is 0 Å². The Bertz CT molecular complexity index is 443. The summed E-state index contributed by atoms with van der Waals surface area (Å²) in [5, 5.41) is 0. The highest BCUT2D eigenvalue weighted by molar-refractivity contribution is 5.31. The van der Waals surface area contributed by atoms with Crippen molar-refractivity contribution in [2.75, 3.05) is 0 Å². The molecule has 3 aliphatic carbocycles. The summed E-state index contributed by atoms with van der Waals surface area (Å²) in [6.07, 6.45) is 17.1. The van der Waals surface area contributed by atoms with Crippen molar-refractivity contribution in [1.82, 2.24) is 0 Å². The molecule has 3 aliphatic rings. The molecule has 0 radical (unpaired) electrons. The summed E-state index contributed by atoms with van der Waals surface area (Å²) < 4.78 is 0. The SMILES string of the molecule is CCCCCC12CCC(c3ccc(CCC)cc3)(CC1)CC2. The molecule has 22 heavy (non-hydrogen) atoms. The molecule has 4 rings (SSSR count). The van der Waals surface area contributed by atoms with E-state index in [0.29, 0.717) is 5.41 Å². The number of rotatable bonds is 7. The van der Waals surface area contributed by atoms with Gasteiger partial charge in [0.2, 0.25) is 0 Å². The molecule has 1 aromatic rings. The van der Waals surface area contributed by atoms with E-state index in [4.69, 9.17) is 0 Å². The number of unbranched alkanes of at least 4 members (excludes halogenated alkanes) is 2. The van der Waals surface area contributed by atoms with Crippen LogP contribution in [0.25, 0.3) is 0 Å². The molecule has 2 bridgehead atoms. The summed E-state index contributed by atoms with van der Waals surface area (Å²) in [7, 11) is 0. The van der Waals surface area contributed by atoms with E-state index in [-0.39, 0.29) is 0 Å². The van der Waals surface area contributed by atoms with Crippen LogP contribution in [-0.2, 0) is 11.8 Å². The highest BCUT2D eigenvalue weighted by atomic mass is 14.5. The quantitative estimate of drug-likeness (QED) is 0.485. The highest BCUT2D eigenvalue weighted by Gasteiger charge is 2.48. The molecule has 0 aromatic heterocycles. The fourth-order valence-electron chi connectivity index (χ4n) is 5.13. The van der Waals surface area contributed by atoms with Crippen LogP contribution in [0.2, 0.25) is 0 Å². The second kappa shape index (κ2) is 6.77. The molecule has 122 valence electrons. The monoisotopic (exact) mass is 298 g/mol. The van der Waals surface area contributed by atoms with E-state index in [0.717, 1.165) is 5.41 Å². The van der Waals surface area contributed by atoms with E-state index in [1.54, 1.807) is 5.56 Å². The first-order valence-electron chi connectivity index (χ1n) is 9.81. The first kappa shape index (κ1) is 16.1. The van der Waals surface area contributed by atoms with Crippen molar-refractivity contribution in [3.05, 3.63) is 35.4 Å². The number of hydrogen-bond donors (Lipinski definition) is 0. The normalized spacial score (nSPS) is 30.6. The van der Waals surface area contributed by atoms with Crippen LogP contribution in [0, 0.1) is 5.41 Å². The zero-order valence-electron chi connectivity index (χ0n) is 14.8. The molecule has 0 heterocycles. The Hall–Kier alpha value is -0.780. The lowest BCUT2D eigenvalue weighted by atomic mass is 9.51. The van der Waals surface area contributed by atoms with Crippen molar-refractivity contribution in [1.29, 1.82) is 0 Å². The van der Waals surface area contributed by atoms with Crippen LogP contribution in [0.5, 0.6) is 0 Å². The van der Waals surface area contributed by atoms with Crippen LogP contribution in [0.15, 0.2) is 24.3 Å². The molecular weight excluding hydrogens is 264 g/mol. The first-order chi connectivity index (χ1) is 10.7. The molecule has 0 N–H and O–H groups in total. The van der Waals surface area contributed by atoms with Gasteiger partial charge in [-0.2, -0.15) is 0 Å². The van der Waals surface area contributed by atoms with Gasteiger partial charge in [0, 0.05) is 0 Å². The van der Waals surface area contributed by atoms with Crippen LogP contribution in [0.1, 0.15) is 95.6 Å². The van der Waals surface area contributed by atoms with E-state index < -0.39 is 0 Å². The zero-order chi connectivity index (χ0) is 15.5. The van der Waals surface area contributed by atoms with Crippen molar-refractivity contribution in [2.45, 2.75) is 96.3 Å². The van der Waals surface area contributed by atoms with Crippen molar-refractivity contribution in [3.8, 4) is 0 Å². The predicted octanol–water partition coefficient (Wildman–Crippen LogP) is 6.81. The third-order valence-corrected chi connectivity index (χ3v) is 6.82. The molecule has 0 nitrogen and oxygen atoms in total. The van der Waals surface area contributed by atoms with Gasteiger partial charge in [-0.25, -0.2) is 0 Å². The van der Waals surface area contributed by atoms with Gasteiger partial charge in [0.25, 0.3) is 0 Å². The maximum atomic E-state index is 2.46. The van der Waals surface area contributed by atoms with Gasteiger partial charge in [0.15, 0.2) is 0 Å². The Morgan fingerprint density at radius 1 is 0.773 bits per heavy atom. The van der Waals surface area contributed by atoms with Crippen LogP contribution in [0.3, 0.4) is 0 Å². The summed E-state index contributed by atoms with van der Waals surface area (Å²) in [5.74, 6) is 0. The van der Waals surface area contributed by atoms with Gasteiger partial charge in [-0.05, 0) is 73.3 Å². The molecule has 0 unspecified atom stereocenters. The zero-order valence-corrected chi connectivity index (χ0v) is 14.8. The molecule has 1 aromatic carbocycles. The first-order valence-corrected chi connectivity index (χ1v) is 9.81. The molecule has 0 saturated heterocycles. The Morgan fingerprint density at radius 3 is 1.95 bits per heavy atom. The molecule has 0 amide bonds. The lowest BCUT2D eigenvalue weighted by molar-refractivity contribution is 0.0305. The number of hydrogen-bond acceptors (Lipinski definition) is 0. The second-order valence-electron chi connectivity index (χ2n) is 8.18. The summed E-state index contributed by atoms with van der Waals surface area (Å²) in [4.78, 5) is 0. The maximum absolute atomic E-state index is 2.46. The molecule has 3 saturated carbocycles. The minimum Gasteiger partial charge on any atom is -0.0654 e. The Labute approximate surface area is 137 Å². The largest absolute Gasteiger partial charge is 0.0654 e. The van der Waals surface area contributed by atoms with Gasteiger partial charge in [-0.3, -0.25) is 0 Å². The maximum Gasteiger partial charge on any atom is -0.00463 e. The summed E-state index contributed by atoms with van der Waals surface area (Å²) in [6, 6.07) is 9.71. The van der Waals surface area contributed by atoms with Gasteiger partial charge >= 0.3 is 0 Å². The van der Waals surface area contributed by atoms with Gasteiger partial charge in [0.1, 0.15) is 0 Å². The van der Waals surface area contributed by atoms with Gasteiger partial charge in [-0.15, -0.1) is 0 Å². The summed E-state index contributed by atoms with van der Waals surface area (Å²) in [5.41, 5.74) is 4.44. The fourth-order valence-corrected chi connectivity index (χ4v) is 5.13. The lowest BCUT2D eigenvalue weighted by Crippen LogP contribution is -2.44. The Kier molecular flexibility index (Phi) is 4.95. The Morgan fingerprint density at radius 2 is 1.41 bits per heavy atom. The Balaban J connectivity index is 1.65. The van der Waals surface area contributed by atoms with E-state index in [2.05, 4.69) is 38.1 Å². The van der Waals surface area contributed by atoms with Gasteiger partial charge in [-0.1, -0.05) is 63.8 Å². The highest BCUT2D eigenvalue weighted by Crippen LogP contribution is 2.59. The topological polar surface area (TPSA) is 0 Å². The van der Waals surface area contributed by atoms with Crippen molar-refractivity contribution < 1.29 is 0 Å². The number of benzene rings is 1. The molecule has 0 spiro atoms. The van der Waals surface area contributed by atoms with E-state index in [9.17, 15) is 0 Å². The van der Waals surface area contributed by atoms with Crippen molar-refractivity contribution >= 4 is 0 Å². The summed E-state index contributed by atoms with van der Waals surface area (Å²) in [6.45, 7) is 4.60. The van der Waals surface area contributed by atoms with Crippen LogP contribution in [-0.4, -0.2) is 0 Å². The van der Waals surface area contributed by atoms with Gasteiger partial charge < -0.3 is 0 Å². The number of aryl methyl sites for hydroxylation is 1. The summed E-state index contributed by atoms with van der Waals surface area (Å²) >= 11 is 0. The van der Waals surface area contributed by atoms with E-state index in [1.165, 1.54) is 82.6 Å². The average molecular weight is 299 g/mol. The lowest BCUT2D eigenvalue weighted by Gasteiger charge is -2.54. The predicted molar refractivity (Wildman–Crippen MR) is 96.4 cm³/mol. The smallest absolute Gasteiger partial charge is 0.00463 e.